The molecular formula is C19H19N3O4. The molecule has 1 aromatic heterocycles. The van der Waals surface area contributed by atoms with E-state index in [0.717, 1.165) is 18.9 Å². The largest absolute Gasteiger partial charge is 0.465 e. The Morgan fingerprint density at radius 1 is 1.12 bits per heavy atom. The standard InChI is InChI=1S/C19H19N3O4/c23-17(14-4-6-16(7-5-14)21-19(24)25)9-8-15-2-1-3-18(20-15)22-10-12-26-13-11-22/h1-9,21H,10-13H2,(H,24,25). The van der Waals surface area contributed by atoms with Crippen molar-refractivity contribution in [3.8, 4) is 0 Å². The van der Waals surface area contributed by atoms with Gasteiger partial charge in [-0.25, -0.2) is 9.78 Å². The predicted molar refractivity (Wildman–Crippen MR) is 98.7 cm³/mol. The van der Waals surface area contributed by atoms with Gasteiger partial charge in [-0.05, 0) is 48.6 Å². The second kappa shape index (κ2) is 8.26. The molecule has 134 valence electrons. The lowest BCUT2D eigenvalue weighted by Crippen LogP contribution is -2.36. The maximum Gasteiger partial charge on any atom is 0.409 e. The van der Waals surface area contributed by atoms with Gasteiger partial charge in [-0.2, -0.15) is 0 Å². The predicted octanol–water partition coefficient (Wildman–Crippen LogP) is 2.90. The van der Waals surface area contributed by atoms with Crippen LogP contribution in [-0.4, -0.2) is 48.3 Å². The first-order chi connectivity index (χ1) is 12.6. The monoisotopic (exact) mass is 353 g/mol. The van der Waals surface area contributed by atoms with Crippen molar-refractivity contribution in [1.82, 2.24) is 4.98 Å². The number of ketones is 1. The van der Waals surface area contributed by atoms with Crippen molar-refractivity contribution in [2.45, 2.75) is 0 Å². The summed E-state index contributed by atoms with van der Waals surface area (Å²) in [4.78, 5) is 29.6. The molecule has 0 aliphatic carbocycles. The van der Waals surface area contributed by atoms with Gasteiger partial charge in [0.15, 0.2) is 5.78 Å². The van der Waals surface area contributed by atoms with Gasteiger partial charge >= 0.3 is 6.09 Å². The second-order valence-corrected chi connectivity index (χ2v) is 5.73. The molecule has 2 N–H and O–H groups in total. The number of carbonyl (C=O) groups excluding carboxylic acids is 1. The number of anilines is 2. The highest BCUT2D eigenvalue weighted by Gasteiger charge is 2.12. The Hall–Kier alpha value is -3.19. The van der Waals surface area contributed by atoms with Crippen LogP contribution >= 0.6 is 0 Å². The molecule has 1 aromatic carbocycles. The molecule has 0 radical (unpaired) electrons. The average molecular weight is 353 g/mol. The maximum atomic E-state index is 12.3. The number of hydrogen-bond acceptors (Lipinski definition) is 5. The number of carbonyl (C=O) groups is 2. The van der Waals surface area contributed by atoms with E-state index < -0.39 is 6.09 Å². The van der Waals surface area contributed by atoms with Gasteiger partial charge in [0.2, 0.25) is 0 Å². The minimum absolute atomic E-state index is 0.176. The van der Waals surface area contributed by atoms with Gasteiger partial charge in [-0.1, -0.05) is 6.07 Å². The van der Waals surface area contributed by atoms with Crippen LogP contribution in [0.15, 0.2) is 48.5 Å². The molecule has 2 aromatic rings. The second-order valence-electron chi connectivity index (χ2n) is 5.73. The summed E-state index contributed by atoms with van der Waals surface area (Å²) >= 11 is 0. The van der Waals surface area contributed by atoms with Gasteiger partial charge in [0, 0.05) is 24.3 Å². The average Bonchev–Trinajstić information content (AvgIpc) is 2.67. The summed E-state index contributed by atoms with van der Waals surface area (Å²) in [6, 6.07) is 11.9. The number of amides is 1. The number of nitrogens with zero attached hydrogens (tertiary/aromatic N) is 2. The molecule has 0 spiro atoms. The molecular weight excluding hydrogens is 334 g/mol. The summed E-state index contributed by atoms with van der Waals surface area (Å²) < 4.78 is 5.34. The Bertz CT molecular complexity index is 812. The van der Waals surface area contributed by atoms with Crippen LogP contribution in [0.2, 0.25) is 0 Å². The Morgan fingerprint density at radius 3 is 2.54 bits per heavy atom. The first-order valence-electron chi connectivity index (χ1n) is 8.24. The summed E-state index contributed by atoms with van der Waals surface area (Å²) in [5, 5.41) is 10.9. The number of benzene rings is 1. The minimum atomic E-state index is -1.14. The fourth-order valence-electron chi connectivity index (χ4n) is 2.60. The van der Waals surface area contributed by atoms with Gasteiger partial charge < -0.3 is 14.7 Å². The molecule has 0 bridgehead atoms. The highest BCUT2D eigenvalue weighted by Crippen LogP contribution is 2.15. The molecule has 1 aliphatic heterocycles. The van der Waals surface area contributed by atoms with Crippen LogP contribution in [0.25, 0.3) is 6.08 Å². The van der Waals surface area contributed by atoms with Crippen molar-refractivity contribution in [3.05, 3.63) is 59.8 Å². The third kappa shape index (κ3) is 4.67. The molecule has 1 aliphatic rings. The molecule has 3 rings (SSSR count). The number of aromatic nitrogens is 1. The molecule has 7 nitrogen and oxygen atoms in total. The van der Waals surface area contributed by atoms with Crippen LogP contribution in [-0.2, 0) is 4.74 Å². The zero-order chi connectivity index (χ0) is 18.4. The summed E-state index contributed by atoms with van der Waals surface area (Å²) in [6.45, 7) is 2.98. The minimum Gasteiger partial charge on any atom is -0.465 e. The third-order valence-electron chi connectivity index (χ3n) is 3.92. The number of allylic oxidation sites excluding steroid dienone is 1. The zero-order valence-corrected chi connectivity index (χ0v) is 14.1. The number of pyridine rings is 1. The Balaban J connectivity index is 1.67. The van der Waals surface area contributed by atoms with Gasteiger partial charge in [-0.15, -0.1) is 0 Å². The van der Waals surface area contributed by atoms with Crippen molar-refractivity contribution >= 4 is 29.5 Å². The van der Waals surface area contributed by atoms with E-state index in [2.05, 4.69) is 15.2 Å². The quantitative estimate of drug-likeness (QED) is 0.634. The molecule has 1 fully saturated rings. The van der Waals surface area contributed by atoms with E-state index in [1.807, 2.05) is 18.2 Å². The summed E-state index contributed by atoms with van der Waals surface area (Å²) in [7, 11) is 0. The number of carboxylic acid groups (broad SMARTS) is 1. The zero-order valence-electron chi connectivity index (χ0n) is 14.1. The highest BCUT2D eigenvalue weighted by atomic mass is 16.5. The van der Waals surface area contributed by atoms with E-state index in [1.165, 1.54) is 6.08 Å². The molecule has 0 atom stereocenters. The van der Waals surface area contributed by atoms with Crippen molar-refractivity contribution in [3.63, 3.8) is 0 Å². The third-order valence-corrected chi connectivity index (χ3v) is 3.92. The van der Waals surface area contributed by atoms with Crippen molar-refractivity contribution in [1.29, 1.82) is 0 Å². The lowest BCUT2D eigenvalue weighted by Gasteiger charge is -2.27. The number of rotatable bonds is 5. The summed E-state index contributed by atoms with van der Waals surface area (Å²) in [6.07, 6.45) is 2.00. The number of ether oxygens (including phenoxy) is 1. The maximum absolute atomic E-state index is 12.3. The van der Waals surface area contributed by atoms with E-state index in [1.54, 1.807) is 30.3 Å². The lowest BCUT2D eigenvalue weighted by atomic mass is 10.1. The SMILES string of the molecule is O=C(O)Nc1ccc(C(=O)C=Cc2cccc(N3CCOCC3)n2)cc1. The van der Waals surface area contributed by atoms with Crippen molar-refractivity contribution in [2.24, 2.45) is 0 Å². The van der Waals surface area contributed by atoms with Crippen molar-refractivity contribution in [2.75, 3.05) is 36.5 Å². The highest BCUT2D eigenvalue weighted by molar-refractivity contribution is 6.07. The fraction of sp³-hybridized carbons (Fsp3) is 0.211. The molecule has 2 heterocycles. The summed E-state index contributed by atoms with van der Waals surface area (Å²) in [5.74, 6) is 0.692. The Labute approximate surface area is 150 Å². The van der Waals surface area contributed by atoms with E-state index in [9.17, 15) is 9.59 Å². The summed E-state index contributed by atoms with van der Waals surface area (Å²) in [5.41, 5.74) is 1.59. The van der Waals surface area contributed by atoms with E-state index >= 15 is 0 Å². The molecule has 1 amide bonds. The molecule has 0 saturated carbocycles. The van der Waals surface area contributed by atoms with Crippen molar-refractivity contribution < 1.29 is 19.4 Å². The molecule has 0 unspecified atom stereocenters. The number of morpholine rings is 1. The van der Waals surface area contributed by atoms with Crippen LogP contribution in [0, 0.1) is 0 Å². The van der Waals surface area contributed by atoms with E-state index in [0.29, 0.717) is 30.2 Å². The Morgan fingerprint density at radius 2 is 1.85 bits per heavy atom. The normalized spacial score (nSPS) is 14.4. The van der Waals surface area contributed by atoms with Gasteiger partial charge in [0.1, 0.15) is 5.82 Å². The first kappa shape index (κ1) is 17.6. The molecule has 7 heteroatoms. The fourth-order valence-corrected chi connectivity index (χ4v) is 2.60. The van der Waals surface area contributed by atoms with Crippen LogP contribution in [0.5, 0.6) is 0 Å². The molecule has 1 saturated heterocycles. The molecule has 26 heavy (non-hydrogen) atoms. The Kier molecular flexibility index (Phi) is 5.60. The van der Waals surface area contributed by atoms with Crippen LogP contribution in [0.4, 0.5) is 16.3 Å². The van der Waals surface area contributed by atoms with Crippen LogP contribution in [0.3, 0.4) is 0 Å². The van der Waals surface area contributed by atoms with Gasteiger partial charge in [0.05, 0.1) is 18.9 Å². The first-order valence-corrected chi connectivity index (χ1v) is 8.24. The van der Waals surface area contributed by atoms with Crippen LogP contribution in [0.1, 0.15) is 16.1 Å². The topological polar surface area (TPSA) is 91.8 Å². The van der Waals surface area contributed by atoms with Crippen LogP contribution < -0.4 is 10.2 Å². The van der Waals surface area contributed by atoms with Gasteiger partial charge in [0.25, 0.3) is 0 Å². The van der Waals surface area contributed by atoms with E-state index in [-0.39, 0.29) is 5.78 Å². The van der Waals surface area contributed by atoms with Gasteiger partial charge in [-0.3, -0.25) is 10.1 Å². The lowest BCUT2D eigenvalue weighted by molar-refractivity contribution is 0.104. The number of hydrogen-bond donors (Lipinski definition) is 2. The number of nitrogens with one attached hydrogen (secondary N) is 1. The smallest absolute Gasteiger partial charge is 0.409 e. The van der Waals surface area contributed by atoms with E-state index in [4.69, 9.17) is 9.84 Å².